The number of rotatable bonds is 2. The highest BCUT2D eigenvalue weighted by Gasteiger charge is 2.35. The van der Waals surface area contributed by atoms with E-state index in [1.165, 1.54) is 12.5 Å². The predicted molar refractivity (Wildman–Crippen MR) is 79.2 cm³/mol. The average molecular weight is 293 g/mol. The molecule has 2 heterocycles. The Morgan fingerprint density at radius 1 is 1.33 bits per heavy atom. The number of hydrogen-bond donors (Lipinski definition) is 2. The Labute approximate surface area is 123 Å². The number of likely N-dealkylation sites (N-methyl/N-ethyl adjacent to an activating group) is 1. The Morgan fingerprint density at radius 2 is 2.05 bits per heavy atom. The topological polar surface area (TPSA) is 69.8 Å². The molecule has 0 radical (unpaired) electrons. The lowest BCUT2D eigenvalue weighted by Crippen LogP contribution is -2.37. The van der Waals surface area contributed by atoms with Gasteiger partial charge in [0.25, 0.3) is 0 Å². The highest BCUT2D eigenvalue weighted by atomic mass is 19.1. The Balaban J connectivity index is 1.93. The quantitative estimate of drug-likeness (QED) is 0.813. The molecule has 5 nitrogen and oxygen atoms in total. The van der Waals surface area contributed by atoms with Gasteiger partial charge in [-0.05, 0) is 38.4 Å². The first-order valence-electron chi connectivity index (χ1n) is 7.26. The first-order chi connectivity index (χ1) is 9.97. The van der Waals surface area contributed by atoms with Gasteiger partial charge in [-0.1, -0.05) is 0 Å². The maximum atomic E-state index is 14.2. The summed E-state index contributed by atoms with van der Waals surface area (Å²) in [7, 11) is 2.12. The lowest BCUT2D eigenvalue weighted by Gasteiger charge is -2.28. The summed E-state index contributed by atoms with van der Waals surface area (Å²) in [5.41, 5.74) is 5.87. The van der Waals surface area contributed by atoms with Gasteiger partial charge < -0.3 is 15.7 Å². The third-order valence-corrected chi connectivity index (χ3v) is 4.84. The van der Waals surface area contributed by atoms with Crippen molar-refractivity contribution in [3.63, 3.8) is 0 Å². The van der Waals surface area contributed by atoms with Gasteiger partial charge in [0.1, 0.15) is 5.82 Å². The lowest BCUT2D eigenvalue weighted by molar-refractivity contribution is 0.0698. The summed E-state index contributed by atoms with van der Waals surface area (Å²) in [6, 6.07) is 3.44. The number of carbonyl (C=O) groups is 1. The molecule has 2 aliphatic heterocycles. The minimum Gasteiger partial charge on any atom is -0.478 e. The fourth-order valence-corrected chi connectivity index (χ4v) is 3.53. The van der Waals surface area contributed by atoms with Gasteiger partial charge in [-0.2, -0.15) is 0 Å². The van der Waals surface area contributed by atoms with E-state index in [1.54, 1.807) is 0 Å². The van der Waals surface area contributed by atoms with Crippen LogP contribution in [0.5, 0.6) is 0 Å². The van der Waals surface area contributed by atoms with Crippen LogP contribution in [0.15, 0.2) is 12.1 Å². The van der Waals surface area contributed by atoms with Crippen LogP contribution >= 0.6 is 0 Å². The third-order valence-electron chi connectivity index (χ3n) is 4.84. The van der Waals surface area contributed by atoms with E-state index < -0.39 is 11.8 Å². The SMILES string of the molecule is CN1C2CCC1CN(c1cc(C(=O)O)c(N)cc1F)CC2. The molecule has 2 saturated heterocycles. The fraction of sp³-hybridized carbons (Fsp3) is 0.533. The zero-order valence-electron chi connectivity index (χ0n) is 12.1. The number of nitrogens with two attached hydrogens (primary N) is 1. The summed E-state index contributed by atoms with van der Waals surface area (Å²) in [6.45, 7) is 1.47. The molecule has 0 spiro atoms. The number of aromatic carboxylic acids is 1. The number of benzene rings is 1. The lowest BCUT2D eigenvalue weighted by atomic mass is 10.1. The highest BCUT2D eigenvalue weighted by molar-refractivity contribution is 5.95. The van der Waals surface area contributed by atoms with Crippen molar-refractivity contribution in [1.29, 1.82) is 0 Å². The molecule has 0 amide bonds. The molecule has 0 saturated carbocycles. The van der Waals surface area contributed by atoms with Gasteiger partial charge in [-0.25, -0.2) is 9.18 Å². The zero-order valence-corrected chi connectivity index (χ0v) is 12.1. The Kier molecular flexibility index (Phi) is 3.49. The first kappa shape index (κ1) is 14.1. The van der Waals surface area contributed by atoms with Crippen LogP contribution < -0.4 is 10.6 Å². The van der Waals surface area contributed by atoms with Crippen molar-refractivity contribution in [2.45, 2.75) is 31.3 Å². The van der Waals surface area contributed by atoms with Gasteiger partial charge >= 0.3 is 5.97 Å². The third kappa shape index (κ3) is 2.44. The van der Waals surface area contributed by atoms with Crippen LogP contribution in [0.2, 0.25) is 0 Å². The molecule has 0 aromatic heterocycles. The molecule has 21 heavy (non-hydrogen) atoms. The fourth-order valence-electron chi connectivity index (χ4n) is 3.53. The van der Waals surface area contributed by atoms with Crippen molar-refractivity contribution >= 4 is 17.3 Å². The molecule has 2 atom stereocenters. The highest BCUT2D eigenvalue weighted by Crippen LogP contribution is 2.33. The van der Waals surface area contributed by atoms with E-state index in [0.717, 1.165) is 32.0 Å². The molecule has 0 aliphatic carbocycles. The predicted octanol–water partition coefficient (Wildman–Crippen LogP) is 1.78. The van der Waals surface area contributed by atoms with Crippen LogP contribution in [-0.4, -0.2) is 48.2 Å². The van der Waals surface area contributed by atoms with E-state index >= 15 is 0 Å². The van der Waals surface area contributed by atoms with Crippen molar-refractivity contribution in [3.05, 3.63) is 23.5 Å². The maximum Gasteiger partial charge on any atom is 0.337 e. The van der Waals surface area contributed by atoms with Gasteiger partial charge in [-0.3, -0.25) is 4.90 Å². The normalized spacial score (nSPS) is 25.9. The van der Waals surface area contributed by atoms with E-state index in [4.69, 9.17) is 10.8 Å². The summed E-state index contributed by atoms with van der Waals surface area (Å²) in [6.07, 6.45) is 3.28. The molecule has 6 heteroatoms. The number of carboxylic acids is 1. The Morgan fingerprint density at radius 3 is 2.76 bits per heavy atom. The first-order valence-corrected chi connectivity index (χ1v) is 7.26. The minimum absolute atomic E-state index is 0.0304. The summed E-state index contributed by atoms with van der Waals surface area (Å²) in [5.74, 6) is -1.57. The van der Waals surface area contributed by atoms with Gasteiger partial charge in [0.15, 0.2) is 0 Å². The van der Waals surface area contributed by atoms with Crippen LogP contribution in [0.1, 0.15) is 29.6 Å². The molecule has 2 bridgehead atoms. The summed E-state index contributed by atoms with van der Waals surface area (Å²) in [5, 5.41) is 9.15. The van der Waals surface area contributed by atoms with Crippen molar-refractivity contribution in [2.24, 2.45) is 0 Å². The number of nitrogens with zero attached hydrogens (tertiary/aromatic N) is 2. The Hall–Kier alpha value is -1.82. The molecular formula is C15H20FN3O2. The maximum absolute atomic E-state index is 14.2. The number of carboxylic acid groups (broad SMARTS) is 1. The molecule has 3 rings (SSSR count). The van der Waals surface area contributed by atoms with Crippen molar-refractivity contribution < 1.29 is 14.3 Å². The van der Waals surface area contributed by atoms with Gasteiger partial charge in [0.2, 0.25) is 0 Å². The summed E-state index contributed by atoms with van der Waals surface area (Å²) < 4.78 is 14.2. The second-order valence-electron chi connectivity index (χ2n) is 5.98. The monoisotopic (exact) mass is 293 g/mol. The molecule has 1 aromatic carbocycles. The molecule has 2 aliphatic rings. The Bertz CT molecular complexity index is 578. The van der Waals surface area contributed by atoms with E-state index in [9.17, 15) is 9.18 Å². The summed E-state index contributed by atoms with van der Waals surface area (Å²) >= 11 is 0. The minimum atomic E-state index is -1.12. The van der Waals surface area contributed by atoms with Gasteiger partial charge in [-0.15, -0.1) is 0 Å². The zero-order chi connectivity index (χ0) is 15.1. The van der Waals surface area contributed by atoms with Crippen molar-refractivity contribution in [1.82, 2.24) is 4.90 Å². The smallest absolute Gasteiger partial charge is 0.337 e. The molecular weight excluding hydrogens is 273 g/mol. The molecule has 114 valence electrons. The number of hydrogen-bond acceptors (Lipinski definition) is 4. The molecule has 2 fully saturated rings. The average Bonchev–Trinajstić information content (AvgIpc) is 2.64. The summed E-state index contributed by atoms with van der Waals surface area (Å²) in [4.78, 5) is 15.5. The standard InChI is InChI=1S/C15H20FN3O2/c1-18-9-2-3-10(18)8-19(5-4-9)14-6-11(15(20)21)13(17)7-12(14)16/h6-7,9-10H,2-5,8,17H2,1H3,(H,20,21). The second kappa shape index (κ2) is 5.18. The number of halogens is 1. The van der Waals surface area contributed by atoms with Gasteiger partial charge in [0.05, 0.1) is 11.3 Å². The number of fused-ring (bicyclic) bond motifs is 2. The van der Waals surface area contributed by atoms with Crippen LogP contribution in [0.25, 0.3) is 0 Å². The van der Waals surface area contributed by atoms with Crippen LogP contribution in [0, 0.1) is 5.82 Å². The molecule has 2 unspecified atom stereocenters. The van der Waals surface area contributed by atoms with Crippen LogP contribution in [0.3, 0.4) is 0 Å². The molecule has 1 aromatic rings. The number of nitrogen functional groups attached to an aromatic ring is 1. The van der Waals surface area contributed by atoms with Crippen LogP contribution in [-0.2, 0) is 0 Å². The second-order valence-corrected chi connectivity index (χ2v) is 5.98. The van der Waals surface area contributed by atoms with E-state index in [1.807, 2.05) is 4.90 Å². The van der Waals surface area contributed by atoms with E-state index in [-0.39, 0.29) is 11.3 Å². The van der Waals surface area contributed by atoms with E-state index in [2.05, 4.69) is 11.9 Å². The number of anilines is 2. The van der Waals surface area contributed by atoms with Crippen LogP contribution in [0.4, 0.5) is 15.8 Å². The largest absolute Gasteiger partial charge is 0.478 e. The molecule has 3 N–H and O–H groups in total. The van der Waals surface area contributed by atoms with Crippen molar-refractivity contribution in [2.75, 3.05) is 30.8 Å². The van der Waals surface area contributed by atoms with Gasteiger partial charge in [0, 0.05) is 30.9 Å². The van der Waals surface area contributed by atoms with E-state index in [0.29, 0.717) is 17.8 Å². The van der Waals surface area contributed by atoms with Crippen molar-refractivity contribution in [3.8, 4) is 0 Å².